The van der Waals surface area contributed by atoms with Gasteiger partial charge in [0.1, 0.15) is 5.75 Å². The second kappa shape index (κ2) is 6.12. The number of rotatable bonds is 4. The molecule has 2 rings (SSSR count). The van der Waals surface area contributed by atoms with Crippen molar-refractivity contribution in [1.29, 1.82) is 0 Å². The van der Waals surface area contributed by atoms with Crippen LogP contribution in [0, 0.1) is 0 Å². The van der Waals surface area contributed by atoms with Gasteiger partial charge in [-0.15, -0.1) is 0 Å². The summed E-state index contributed by atoms with van der Waals surface area (Å²) < 4.78 is 10.8. The van der Waals surface area contributed by atoms with E-state index in [0.29, 0.717) is 16.9 Å². The third-order valence-corrected chi connectivity index (χ3v) is 3.27. The van der Waals surface area contributed by atoms with Gasteiger partial charge in [0.05, 0.1) is 18.2 Å². The number of benzene rings is 1. The van der Waals surface area contributed by atoms with Crippen molar-refractivity contribution >= 4 is 17.3 Å². The lowest BCUT2D eigenvalue weighted by molar-refractivity contribution is 0.0247. The van der Waals surface area contributed by atoms with E-state index in [1.54, 1.807) is 7.11 Å². The number of hydrogen-bond donors (Lipinski definition) is 1. The summed E-state index contributed by atoms with van der Waals surface area (Å²) >= 11 is 5.97. The molecular weight excluding hydrogens is 238 g/mol. The third-order valence-electron chi connectivity index (χ3n) is 2.96. The average Bonchev–Trinajstić information content (AvgIpc) is 2.39. The Labute approximate surface area is 107 Å². The molecule has 1 unspecified atom stereocenters. The number of halogens is 1. The highest BCUT2D eigenvalue weighted by Gasteiger charge is 2.13. The lowest BCUT2D eigenvalue weighted by Crippen LogP contribution is -2.26. The lowest BCUT2D eigenvalue weighted by Gasteiger charge is -2.23. The molecule has 1 aromatic carbocycles. The SMILES string of the molecule is COc1cc(NCC2CCCCO2)ccc1Cl. The van der Waals surface area contributed by atoms with Crippen LogP contribution in [0.3, 0.4) is 0 Å². The zero-order valence-corrected chi connectivity index (χ0v) is 10.8. The van der Waals surface area contributed by atoms with E-state index in [0.717, 1.165) is 25.3 Å². The second-order valence-electron chi connectivity index (χ2n) is 4.22. The maximum atomic E-state index is 5.97. The molecule has 1 atom stereocenters. The smallest absolute Gasteiger partial charge is 0.139 e. The van der Waals surface area contributed by atoms with Gasteiger partial charge in [-0.3, -0.25) is 0 Å². The van der Waals surface area contributed by atoms with Gasteiger partial charge in [0.2, 0.25) is 0 Å². The van der Waals surface area contributed by atoms with Crippen LogP contribution in [-0.2, 0) is 4.74 Å². The summed E-state index contributed by atoms with van der Waals surface area (Å²) in [5, 5.41) is 3.98. The van der Waals surface area contributed by atoms with Gasteiger partial charge in [-0.05, 0) is 31.4 Å². The third kappa shape index (κ3) is 3.51. The molecule has 17 heavy (non-hydrogen) atoms. The Hall–Kier alpha value is -0.930. The molecular formula is C13H18ClNO2. The molecule has 1 aromatic rings. The van der Waals surface area contributed by atoms with Crippen molar-refractivity contribution in [2.45, 2.75) is 25.4 Å². The van der Waals surface area contributed by atoms with Crippen LogP contribution in [0.25, 0.3) is 0 Å². The molecule has 0 radical (unpaired) electrons. The molecule has 1 fully saturated rings. The standard InChI is InChI=1S/C13H18ClNO2/c1-16-13-8-10(5-6-12(13)14)15-9-11-4-2-3-7-17-11/h5-6,8,11,15H,2-4,7,9H2,1H3. The van der Waals surface area contributed by atoms with Crippen molar-refractivity contribution in [3.8, 4) is 5.75 Å². The number of nitrogens with one attached hydrogen (secondary N) is 1. The largest absolute Gasteiger partial charge is 0.495 e. The second-order valence-corrected chi connectivity index (χ2v) is 4.63. The van der Waals surface area contributed by atoms with Crippen LogP contribution < -0.4 is 10.1 Å². The zero-order chi connectivity index (χ0) is 12.1. The predicted octanol–water partition coefficient (Wildman–Crippen LogP) is 3.33. The van der Waals surface area contributed by atoms with Crippen LogP contribution in [-0.4, -0.2) is 26.4 Å². The Bertz CT molecular complexity index is 364. The summed E-state index contributed by atoms with van der Waals surface area (Å²) in [7, 11) is 1.62. The van der Waals surface area contributed by atoms with E-state index in [4.69, 9.17) is 21.1 Å². The molecule has 0 aliphatic carbocycles. The van der Waals surface area contributed by atoms with E-state index in [-0.39, 0.29) is 0 Å². The summed E-state index contributed by atoms with van der Waals surface area (Å²) in [6.45, 7) is 1.72. The fourth-order valence-corrected chi connectivity index (χ4v) is 2.16. The van der Waals surface area contributed by atoms with Crippen LogP contribution in [0.15, 0.2) is 18.2 Å². The highest BCUT2D eigenvalue weighted by Crippen LogP contribution is 2.27. The monoisotopic (exact) mass is 255 g/mol. The molecule has 94 valence electrons. The van der Waals surface area contributed by atoms with Gasteiger partial charge in [-0.1, -0.05) is 11.6 Å². The fourth-order valence-electron chi connectivity index (χ4n) is 1.97. The van der Waals surface area contributed by atoms with E-state index in [1.165, 1.54) is 12.8 Å². The quantitative estimate of drug-likeness (QED) is 0.895. The van der Waals surface area contributed by atoms with Gasteiger partial charge >= 0.3 is 0 Å². The molecule has 0 bridgehead atoms. The van der Waals surface area contributed by atoms with E-state index in [1.807, 2.05) is 18.2 Å². The zero-order valence-electron chi connectivity index (χ0n) is 10.0. The Morgan fingerprint density at radius 1 is 1.47 bits per heavy atom. The van der Waals surface area contributed by atoms with Crippen molar-refractivity contribution in [1.82, 2.24) is 0 Å². The highest BCUT2D eigenvalue weighted by molar-refractivity contribution is 6.32. The van der Waals surface area contributed by atoms with Crippen LogP contribution in [0.2, 0.25) is 5.02 Å². The number of methoxy groups -OCH3 is 1. The Balaban J connectivity index is 1.89. The van der Waals surface area contributed by atoms with Crippen LogP contribution in [0.1, 0.15) is 19.3 Å². The molecule has 0 amide bonds. The molecule has 1 aliphatic heterocycles. The van der Waals surface area contributed by atoms with Gasteiger partial charge < -0.3 is 14.8 Å². The maximum Gasteiger partial charge on any atom is 0.139 e. The number of ether oxygens (including phenoxy) is 2. The van der Waals surface area contributed by atoms with Crippen molar-refractivity contribution in [2.75, 3.05) is 25.6 Å². The van der Waals surface area contributed by atoms with Crippen molar-refractivity contribution in [2.24, 2.45) is 0 Å². The molecule has 0 saturated carbocycles. The fraction of sp³-hybridized carbons (Fsp3) is 0.538. The molecule has 1 saturated heterocycles. The normalized spacial score (nSPS) is 20.0. The van der Waals surface area contributed by atoms with E-state index < -0.39 is 0 Å². The number of hydrogen-bond acceptors (Lipinski definition) is 3. The summed E-state index contributed by atoms with van der Waals surface area (Å²) in [5.41, 5.74) is 1.01. The summed E-state index contributed by atoms with van der Waals surface area (Å²) in [6, 6.07) is 5.70. The minimum atomic E-state index is 0.324. The van der Waals surface area contributed by atoms with Crippen molar-refractivity contribution < 1.29 is 9.47 Å². The van der Waals surface area contributed by atoms with Crippen molar-refractivity contribution in [3.05, 3.63) is 23.2 Å². The average molecular weight is 256 g/mol. The molecule has 0 aromatic heterocycles. The molecule has 3 nitrogen and oxygen atoms in total. The highest BCUT2D eigenvalue weighted by atomic mass is 35.5. The molecule has 1 N–H and O–H groups in total. The first kappa shape index (κ1) is 12.5. The van der Waals surface area contributed by atoms with E-state index >= 15 is 0 Å². The minimum Gasteiger partial charge on any atom is -0.495 e. The molecule has 1 aliphatic rings. The molecule has 4 heteroatoms. The first-order valence-corrected chi connectivity index (χ1v) is 6.36. The molecule has 1 heterocycles. The van der Waals surface area contributed by atoms with Gasteiger partial charge in [0.15, 0.2) is 0 Å². The van der Waals surface area contributed by atoms with Crippen LogP contribution >= 0.6 is 11.6 Å². The van der Waals surface area contributed by atoms with E-state index in [9.17, 15) is 0 Å². The van der Waals surface area contributed by atoms with Crippen LogP contribution in [0.4, 0.5) is 5.69 Å². The van der Waals surface area contributed by atoms with Gasteiger partial charge in [0.25, 0.3) is 0 Å². The molecule has 0 spiro atoms. The van der Waals surface area contributed by atoms with Gasteiger partial charge in [-0.25, -0.2) is 0 Å². The predicted molar refractivity (Wildman–Crippen MR) is 70.1 cm³/mol. The van der Waals surface area contributed by atoms with Crippen molar-refractivity contribution in [3.63, 3.8) is 0 Å². The van der Waals surface area contributed by atoms with Crippen LogP contribution in [0.5, 0.6) is 5.75 Å². The summed E-state index contributed by atoms with van der Waals surface area (Å²) in [6.07, 6.45) is 3.91. The lowest BCUT2D eigenvalue weighted by atomic mass is 10.1. The van der Waals surface area contributed by atoms with Gasteiger partial charge in [0, 0.05) is 24.9 Å². The Morgan fingerprint density at radius 3 is 3.06 bits per heavy atom. The summed E-state index contributed by atoms with van der Waals surface area (Å²) in [4.78, 5) is 0. The maximum absolute atomic E-state index is 5.97. The summed E-state index contributed by atoms with van der Waals surface area (Å²) in [5.74, 6) is 0.696. The first-order chi connectivity index (χ1) is 8.29. The van der Waals surface area contributed by atoms with Gasteiger partial charge in [-0.2, -0.15) is 0 Å². The topological polar surface area (TPSA) is 30.5 Å². The number of anilines is 1. The first-order valence-electron chi connectivity index (χ1n) is 5.98. The Kier molecular flexibility index (Phi) is 4.51. The minimum absolute atomic E-state index is 0.324. The Morgan fingerprint density at radius 2 is 2.35 bits per heavy atom. The van der Waals surface area contributed by atoms with E-state index in [2.05, 4.69) is 5.32 Å².